The lowest BCUT2D eigenvalue weighted by Crippen LogP contribution is -2.43. The van der Waals surface area contributed by atoms with Crippen molar-refractivity contribution in [3.05, 3.63) is 24.5 Å². The van der Waals surface area contributed by atoms with Crippen molar-refractivity contribution in [2.24, 2.45) is 5.41 Å². The highest BCUT2D eigenvalue weighted by molar-refractivity contribution is 7.98. The summed E-state index contributed by atoms with van der Waals surface area (Å²) in [6, 6.07) is 6.50. The van der Waals surface area contributed by atoms with Crippen molar-refractivity contribution in [1.29, 1.82) is 0 Å². The Bertz CT molecular complexity index is 656. The first kappa shape index (κ1) is 13.4. The van der Waals surface area contributed by atoms with Crippen molar-refractivity contribution < 1.29 is 0 Å². The van der Waals surface area contributed by atoms with Gasteiger partial charge in [-0.25, -0.2) is 9.97 Å². The second-order valence-electron chi connectivity index (χ2n) is 6.42. The van der Waals surface area contributed by atoms with Crippen molar-refractivity contribution in [3.8, 4) is 0 Å². The van der Waals surface area contributed by atoms with Gasteiger partial charge < -0.3 is 4.90 Å². The van der Waals surface area contributed by atoms with Gasteiger partial charge in [0.1, 0.15) is 12.1 Å². The Morgan fingerprint density at radius 2 is 1.90 bits per heavy atom. The molecule has 4 heteroatoms. The Morgan fingerprint density at radius 1 is 1.10 bits per heavy atom. The number of piperidine rings is 1. The summed E-state index contributed by atoms with van der Waals surface area (Å²) >= 11 is 1.78. The van der Waals surface area contributed by atoms with Crippen LogP contribution in [-0.2, 0) is 0 Å². The third-order valence-electron chi connectivity index (χ3n) is 5.36. The zero-order chi connectivity index (χ0) is 14.3. The minimum atomic E-state index is 0.684. The van der Waals surface area contributed by atoms with Gasteiger partial charge in [-0.2, -0.15) is 0 Å². The number of benzene rings is 1. The van der Waals surface area contributed by atoms with Crippen molar-refractivity contribution in [2.75, 3.05) is 24.2 Å². The molecule has 1 aliphatic heterocycles. The van der Waals surface area contributed by atoms with E-state index in [2.05, 4.69) is 39.3 Å². The number of hydrogen-bond acceptors (Lipinski definition) is 4. The van der Waals surface area contributed by atoms with Crippen LogP contribution in [0, 0.1) is 5.41 Å². The molecule has 0 bridgehead atoms. The van der Waals surface area contributed by atoms with Gasteiger partial charge in [-0.1, -0.05) is 6.42 Å². The van der Waals surface area contributed by atoms with E-state index in [4.69, 9.17) is 0 Å². The lowest BCUT2D eigenvalue weighted by Gasteiger charge is -2.48. The maximum absolute atomic E-state index is 4.60. The minimum Gasteiger partial charge on any atom is -0.356 e. The fraction of sp³-hybridized carbons (Fsp3) is 0.529. The summed E-state index contributed by atoms with van der Waals surface area (Å²) in [6.07, 6.45) is 10.8. The average molecular weight is 299 g/mol. The van der Waals surface area contributed by atoms with E-state index in [1.165, 1.54) is 42.4 Å². The van der Waals surface area contributed by atoms with Crippen LogP contribution in [0.15, 0.2) is 29.4 Å². The number of rotatable bonds is 2. The second-order valence-corrected chi connectivity index (χ2v) is 7.30. The molecule has 110 valence electrons. The fourth-order valence-corrected chi connectivity index (χ4v) is 4.21. The Labute approximate surface area is 130 Å². The molecule has 21 heavy (non-hydrogen) atoms. The van der Waals surface area contributed by atoms with Crippen molar-refractivity contribution in [1.82, 2.24) is 9.97 Å². The molecule has 0 atom stereocenters. The van der Waals surface area contributed by atoms with Crippen molar-refractivity contribution in [2.45, 2.75) is 37.0 Å². The number of hydrogen-bond donors (Lipinski definition) is 0. The van der Waals surface area contributed by atoms with Crippen LogP contribution in [0.5, 0.6) is 0 Å². The van der Waals surface area contributed by atoms with Crippen LogP contribution in [0.1, 0.15) is 32.1 Å². The number of fused-ring (bicyclic) bond motifs is 1. The summed E-state index contributed by atoms with van der Waals surface area (Å²) in [4.78, 5) is 12.8. The smallest absolute Gasteiger partial charge is 0.139 e. The fourth-order valence-electron chi connectivity index (χ4n) is 3.77. The molecular formula is C17H21N3S. The van der Waals surface area contributed by atoms with E-state index >= 15 is 0 Å². The van der Waals surface area contributed by atoms with Gasteiger partial charge in [0, 0.05) is 23.4 Å². The van der Waals surface area contributed by atoms with Gasteiger partial charge in [0.05, 0.1) is 5.52 Å². The predicted octanol–water partition coefficient (Wildman–Crippen LogP) is 4.12. The third-order valence-corrected chi connectivity index (χ3v) is 6.08. The van der Waals surface area contributed by atoms with Gasteiger partial charge in [0.15, 0.2) is 0 Å². The van der Waals surface area contributed by atoms with Crippen LogP contribution >= 0.6 is 11.8 Å². The first-order valence-corrected chi connectivity index (χ1v) is 9.06. The molecule has 1 saturated carbocycles. The number of aromatic nitrogens is 2. The molecule has 1 spiro atoms. The highest BCUT2D eigenvalue weighted by Gasteiger charge is 2.39. The monoisotopic (exact) mass is 299 g/mol. The van der Waals surface area contributed by atoms with E-state index in [9.17, 15) is 0 Å². The van der Waals surface area contributed by atoms with Crippen LogP contribution in [0.2, 0.25) is 0 Å². The molecule has 1 aliphatic carbocycles. The second kappa shape index (κ2) is 5.16. The quantitative estimate of drug-likeness (QED) is 0.780. The molecule has 0 amide bonds. The molecule has 2 fully saturated rings. The van der Waals surface area contributed by atoms with Gasteiger partial charge in [-0.3, -0.25) is 0 Å². The molecule has 2 aromatic rings. The molecule has 0 radical (unpaired) electrons. The summed E-state index contributed by atoms with van der Waals surface area (Å²) in [6.45, 7) is 2.30. The highest BCUT2D eigenvalue weighted by atomic mass is 32.2. The topological polar surface area (TPSA) is 29.0 Å². The number of nitrogens with zero attached hydrogens (tertiary/aromatic N) is 3. The van der Waals surface area contributed by atoms with Crippen LogP contribution < -0.4 is 4.90 Å². The van der Waals surface area contributed by atoms with Gasteiger partial charge >= 0.3 is 0 Å². The van der Waals surface area contributed by atoms with Gasteiger partial charge in [0.2, 0.25) is 0 Å². The maximum Gasteiger partial charge on any atom is 0.139 e. The largest absolute Gasteiger partial charge is 0.356 e. The molecule has 3 nitrogen and oxygen atoms in total. The molecular weight excluding hydrogens is 278 g/mol. The van der Waals surface area contributed by atoms with Gasteiger partial charge in [-0.05, 0) is 55.6 Å². The number of anilines is 1. The molecule has 0 N–H and O–H groups in total. The molecule has 0 unspecified atom stereocenters. The predicted molar refractivity (Wildman–Crippen MR) is 89.1 cm³/mol. The first-order valence-electron chi connectivity index (χ1n) is 7.83. The Balaban J connectivity index is 1.66. The maximum atomic E-state index is 4.60. The van der Waals surface area contributed by atoms with Crippen molar-refractivity contribution >= 4 is 28.5 Å². The van der Waals surface area contributed by atoms with Gasteiger partial charge in [-0.15, -0.1) is 11.8 Å². The lowest BCUT2D eigenvalue weighted by atomic mass is 9.63. The van der Waals surface area contributed by atoms with Gasteiger partial charge in [0.25, 0.3) is 0 Å². The third kappa shape index (κ3) is 2.30. The summed E-state index contributed by atoms with van der Waals surface area (Å²) in [7, 11) is 0. The Morgan fingerprint density at radius 3 is 2.57 bits per heavy atom. The van der Waals surface area contributed by atoms with E-state index in [1.807, 2.05) is 0 Å². The molecule has 1 saturated heterocycles. The van der Waals surface area contributed by atoms with Crippen molar-refractivity contribution in [3.63, 3.8) is 0 Å². The summed E-state index contributed by atoms with van der Waals surface area (Å²) in [5.41, 5.74) is 1.74. The molecule has 1 aromatic carbocycles. The zero-order valence-corrected chi connectivity index (χ0v) is 13.3. The van der Waals surface area contributed by atoms with Crippen LogP contribution in [0.3, 0.4) is 0 Å². The van der Waals surface area contributed by atoms with Crippen LogP contribution in [0.4, 0.5) is 5.82 Å². The van der Waals surface area contributed by atoms with E-state index in [-0.39, 0.29) is 0 Å². The zero-order valence-electron chi connectivity index (χ0n) is 12.5. The standard InChI is InChI=1S/C17H21N3S/c1-21-13-3-4-15-14(11-13)16(19-12-18-15)20-9-7-17(8-10-20)5-2-6-17/h3-4,11-12H,2,5-10H2,1H3. The average Bonchev–Trinajstić information content (AvgIpc) is 2.52. The summed E-state index contributed by atoms with van der Waals surface area (Å²) < 4.78 is 0. The normalized spacial score (nSPS) is 20.7. The Kier molecular flexibility index (Phi) is 3.29. The van der Waals surface area contributed by atoms with Crippen LogP contribution in [0.25, 0.3) is 10.9 Å². The first-order chi connectivity index (χ1) is 10.3. The minimum absolute atomic E-state index is 0.684. The lowest BCUT2D eigenvalue weighted by molar-refractivity contribution is 0.0954. The SMILES string of the molecule is CSc1ccc2ncnc(N3CCC4(CCC4)CC3)c2c1. The number of thioether (sulfide) groups is 1. The van der Waals surface area contributed by atoms with E-state index in [1.54, 1.807) is 18.1 Å². The molecule has 4 rings (SSSR count). The van der Waals surface area contributed by atoms with Crippen LogP contribution in [-0.4, -0.2) is 29.3 Å². The van der Waals surface area contributed by atoms with E-state index in [0.717, 1.165) is 24.4 Å². The molecule has 2 heterocycles. The summed E-state index contributed by atoms with van der Waals surface area (Å²) in [5.74, 6) is 1.13. The highest BCUT2D eigenvalue weighted by Crippen LogP contribution is 2.49. The molecule has 1 aromatic heterocycles. The summed E-state index contributed by atoms with van der Waals surface area (Å²) in [5, 5.41) is 1.20. The molecule has 2 aliphatic rings. The van der Waals surface area contributed by atoms with E-state index in [0.29, 0.717) is 5.41 Å². The van der Waals surface area contributed by atoms with E-state index < -0.39 is 0 Å². The Hall–Kier alpha value is -1.29.